The van der Waals surface area contributed by atoms with Crippen molar-refractivity contribution >= 4 is 0 Å². The lowest BCUT2D eigenvalue weighted by atomic mass is 9.95. The van der Waals surface area contributed by atoms with Crippen LogP contribution in [0.1, 0.15) is 45.4 Å². The number of unbranched alkanes of at least 4 members (excludes halogenated alkanes) is 2. The lowest BCUT2D eigenvalue weighted by Crippen LogP contribution is -2.05. The van der Waals surface area contributed by atoms with Crippen LogP contribution in [0.2, 0.25) is 0 Å². The molecule has 0 aromatic heterocycles. The van der Waals surface area contributed by atoms with E-state index in [-0.39, 0.29) is 13.2 Å². The maximum atomic E-state index is 8.74. The predicted molar refractivity (Wildman–Crippen MR) is 51.0 cm³/mol. The monoisotopic (exact) mass is 174 g/mol. The van der Waals surface area contributed by atoms with E-state index in [0.717, 1.165) is 19.3 Å². The fourth-order valence-corrected chi connectivity index (χ4v) is 1.48. The van der Waals surface area contributed by atoms with Gasteiger partial charge in [-0.1, -0.05) is 32.6 Å². The van der Waals surface area contributed by atoms with E-state index in [1.54, 1.807) is 0 Å². The molecule has 0 aromatic rings. The van der Waals surface area contributed by atoms with Crippen LogP contribution in [0.4, 0.5) is 0 Å². The molecule has 74 valence electrons. The zero-order chi connectivity index (χ0) is 9.23. The van der Waals surface area contributed by atoms with Crippen LogP contribution in [-0.4, -0.2) is 23.4 Å². The van der Waals surface area contributed by atoms with Crippen molar-refractivity contribution in [2.75, 3.05) is 13.2 Å². The normalized spacial score (nSPS) is 11.0. The Kier molecular flexibility index (Phi) is 8.95. The van der Waals surface area contributed by atoms with Gasteiger partial charge in [-0.05, 0) is 18.8 Å². The van der Waals surface area contributed by atoms with Gasteiger partial charge in [0.15, 0.2) is 0 Å². The van der Waals surface area contributed by atoms with Crippen LogP contribution in [0, 0.1) is 5.92 Å². The first-order valence-electron chi connectivity index (χ1n) is 5.06. The average molecular weight is 174 g/mol. The topological polar surface area (TPSA) is 40.5 Å². The smallest absolute Gasteiger partial charge is 0.0433 e. The molecule has 0 aliphatic heterocycles. The fraction of sp³-hybridized carbons (Fsp3) is 1.00. The van der Waals surface area contributed by atoms with Crippen LogP contribution >= 0.6 is 0 Å². The minimum Gasteiger partial charge on any atom is -0.396 e. The first kappa shape index (κ1) is 11.9. The van der Waals surface area contributed by atoms with Gasteiger partial charge in [0.05, 0.1) is 0 Å². The third kappa shape index (κ3) is 6.62. The van der Waals surface area contributed by atoms with Crippen molar-refractivity contribution in [1.82, 2.24) is 0 Å². The van der Waals surface area contributed by atoms with Gasteiger partial charge in [0.2, 0.25) is 0 Å². The van der Waals surface area contributed by atoms with Gasteiger partial charge in [0, 0.05) is 13.2 Å². The molecular formula is C10H22O2. The van der Waals surface area contributed by atoms with E-state index in [4.69, 9.17) is 10.2 Å². The Morgan fingerprint density at radius 2 is 1.50 bits per heavy atom. The summed E-state index contributed by atoms with van der Waals surface area (Å²) in [6, 6.07) is 0. The molecule has 0 aliphatic carbocycles. The van der Waals surface area contributed by atoms with E-state index in [1.807, 2.05) is 0 Å². The van der Waals surface area contributed by atoms with Crippen LogP contribution in [-0.2, 0) is 0 Å². The molecule has 0 rings (SSSR count). The number of aliphatic hydroxyl groups is 2. The second kappa shape index (κ2) is 9.01. The molecule has 0 heterocycles. The van der Waals surface area contributed by atoms with Crippen LogP contribution in [0.25, 0.3) is 0 Å². The molecule has 12 heavy (non-hydrogen) atoms. The van der Waals surface area contributed by atoms with Gasteiger partial charge in [-0.15, -0.1) is 0 Å². The van der Waals surface area contributed by atoms with E-state index < -0.39 is 0 Å². The second-order valence-electron chi connectivity index (χ2n) is 3.39. The van der Waals surface area contributed by atoms with Gasteiger partial charge in [0.1, 0.15) is 0 Å². The average Bonchev–Trinajstić information content (AvgIpc) is 2.06. The molecule has 0 spiro atoms. The summed E-state index contributed by atoms with van der Waals surface area (Å²) in [6.07, 6.45) is 6.61. The molecule has 0 aromatic carbocycles. The molecule has 0 bridgehead atoms. The lowest BCUT2D eigenvalue weighted by molar-refractivity contribution is 0.208. The molecule has 2 nitrogen and oxygen atoms in total. The third-order valence-electron chi connectivity index (χ3n) is 2.29. The predicted octanol–water partition coefficient (Wildman–Crippen LogP) is 1.95. The van der Waals surface area contributed by atoms with Gasteiger partial charge < -0.3 is 10.2 Å². The van der Waals surface area contributed by atoms with E-state index in [1.165, 1.54) is 19.3 Å². The summed E-state index contributed by atoms with van der Waals surface area (Å²) in [6.45, 7) is 2.71. The van der Waals surface area contributed by atoms with Crippen molar-refractivity contribution in [2.45, 2.75) is 45.4 Å². The molecule has 0 unspecified atom stereocenters. The summed E-state index contributed by atoms with van der Waals surface area (Å²) >= 11 is 0. The molecule has 0 aliphatic rings. The van der Waals surface area contributed by atoms with Crippen molar-refractivity contribution in [3.8, 4) is 0 Å². The molecule has 0 radical (unpaired) electrons. The van der Waals surface area contributed by atoms with Crippen molar-refractivity contribution in [2.24, 2.45) is 5.92 Å². The fourth-order valence-electron chi connectivity index (χ4n) is 1.48. The quantitative estimate of drug-likeness (QED) is 0.552. The zero-order valence-corrected chi connectivity index (χ0v) is 8.13. The summed E-state index contributed by atoms with van der Waals surface area (Å²) in [4.78, 5) is 0. The van der Waals surface area contributed by atoms with E-state index >= 15 is 0 Å². The molecule has 2 N–H and O–H groups in total. The molecule has 0 fully saturated rings. The van der Waals surface area contributed by atoms with Gasteiger partial charge in [0.25, 0.3) is 0 Å². The Morgan fingerprint density at radius 3 is 1.92 bits per heavy atom. The summed E-state index contributed by atoms with van der Waals surface area (Å²) in [7, 11) is 0. The van der Waals surface area contributed by atoms with Crippen molar-refractivity contribution in [1.29, 1.82) is 0 Å². The van der Waals surface area contributed by atoms with Crippen LogP contribution in [0.3, 0.4) is 0 Å². The number of aliphatic hydroxyl groups excluding tert-OH is 2. The van der Waals surface area contributed by atoms with Gasteiger partial charge in [-0.3, -0.25) is 0 Å². The highest BCUT2D eigenvalue weighted by atomic mass is 16.3. The lowest BCUT2D eigenvalue weighted by Gasteiger charge is -2.13. The highest BCUT2D eigenvalue weighted by Gasteiger charge is 2.06. The first-order valence-corrected chi connectivity index (χ1v) is 5.06. The largest absolute Gasteiger partial charge is 0.396 e. The number of rotatable bonds is 8. The third-order valence-corrected chi connectivity index (χ3v) is 2.29. The SMILES string of the molecule is CCCCCC(CCO)CCO. The van der Waals surface area contributed by atoms with Crippen molar-refractivity contribution in [3.05, 3.63) is 0 Å². The van der Waals surface area contributed by atoms with E-state index in [0.29, 0.717) is 5.92 Å². The van der Waals surface area contributed by atoms with Crippen molar-refractivity contribution in [3.63, 3.8) is 0 Å². The highest BCUT2D eigenvalue weighted by Crippen LogP contribution is 2.16. The maximum Gasteiger partial charge on any atom is 0.0433 e. The second-order valence-corrected chi connectivity index (χ2v) is 3.39. The Hall–Kier alpha value is -0.0800. The summed E-state index contributed by atoms with van der Waals surface area (Å²) in [5.74, 6) is 0.534. The minimum absolute atomic E-state index is 0.261. The number of hydrogen-bond acceptors (Lipinski definition) is 2. The van der Waals surface area contributed by atoms with Gasteiger partial charge in [-0.2, -0.15) is 0 Å². The molecule has 0 saturated carbocycles. The molecule has 0 saturated heterocycles. The molecule has 0 atom stereocenters. The summed E-state index contributed by atoms with van der Waals surface area (Å²) < 4.78 is 0. The zero-order valence-electron chi connectivity index (χ0n) is 8.13. The van der Waals surface area contributed by atoms with Gasteiger partial charge >= 0.3 is 0 Å². The van der Waals surface area contributed by atoms with Crippen LogP contribution < -0.4 is 0 Å². The van der Waals surface area contributed by atoms with E-state index in [2.05, 4.69) is 6.92 Å². The first-order chi connectivity index (χ1) is 5.85. The maximum absolute atomic E-state index is 8.74. The molecule has 2 heteroatoms. The highest BCUT2D eigenvalue weighted by molar-refractivity contribution is 4.58. The number of hydrogen-bond donors (Lipinski definition) is 2. The minimum atomic E-state index is 0.261. The van der Waals surface area contributed by atoms with Crippen LogP contribution in [0.15, 0.2) is 0 Å². The van der Waals surface area contributed by atoms with Gasteiger partial charge in [-0.25, -0.2) is 0 Å². The Labute approximate surface area is 75.6 Å². The summed E-state index contributed by atoms with van der Waals surface area (Å²) in [5.41, 5.74) is 0. The van der Waals surface area contributed by atoms with Crippen molar-refractivity contribution < 1.29 is 10.2 Å². The molecule has 0 amide bonds. The Morgan fingerprint density at radius 1 is 0.917 bits per heavy atom. The Bertz CT molecular complexity index is 77.9. The Balaban J connectivity index is 3.34. The summed E-state index contributed by atoms with van der Waals surface area (Å²) in [5, 5.41) is 17.5. The van der Waals surface area contributed by atoms with E-state index in [9.17, 15) is 0 Å². The molecular weight excluding hydrogens is 152 g/mol. The van der Waals surface area contributed by atoms with Crippen LogP contribution in [0.5, 0.6) is 0 Å². The standard InChI is InChI=1S/C10H22O2/c1-2-3-4-5-10(6-8-11)7-9-12/h10-12H,2-9H2,1H3.